The van der Waals surface area contributed by atoms with Crippen molar-refractivity contribution < 1.29 is 47.7 Å². The number of ether oxygens (including phenoxy) is 5. The molecule has 0 saturated carbocycles. The van der Waals surface area contributed by atoms with Gasteiger partial charge in [0.05, 0.1) is 11.7 Å². The van der Waals surface area contributed by atoms with Crippen molar-refractivity contribution in [2.24, 2.45) is 12.1 Å². The Hall–Kier alpha value is -5.15. The zero-order chi connectivity index (χ0) is 31.0. The summed E-state index contributed by atoms with van der Waals surface area (Å²) in [6.07, 6.45) is -5.14. The quantitative estimate of drug-likeness (QED) is 0.137. The highest BCUT2D eigenvalue weighted by Gasteiger charge is 2.43. The monoisotopic (exact) mass is 586 g/mol. The molecular weight excluding hydrogens is 556 g/mol. The molecule has 0 unspecified atom stereocenters. The Labute approximate surface area is 239 Å². The van der Waals surface area contributed by atoms with E-state index in [0.717, 1.165) is 51.7 Å². The average molecular weight is 587 g/mol. The topological polar surface area (TPSA) is 199 Å². The first-order valence-electron chi connectivity index (χ1n) is 12.6. The van der Waals surface area contributed by atoms with Crippen molar-refractivity contribution in [1.29, 1.82) is 0 Å². The van der Waals surface area contributed by atoms with Crippen LogP contribution in [-0.2, 0) is 54.7 Å². The van der Waals surface area contributed by atoms with Crippen LogP contribution in [-0.4, -0.2) is 86.8 Å². The number of hydrogen-bond acceptors (Lipinski definition) is 15. The lowest BCUT2D eigenvalue weighted by Gasteiger charge is -2.34. The van der Waals surface area contributed by atoms with E-state index in [1.807, 2.05) is 35.9 Å². The maximum atomic E-state index is 12.1. The van der Waals surface area contributed by atoms with Gasteiger partial charge >= 0.3 is 29.8 Å². The van der Waals surface area contributed by atoms with E-state index < -0.39 is 60.9 Å². The third-order valence-electron chi connectivity index (χ3n) is 5.58. The molecule has 16 nitrogen and oxygen atoms in total. The Morgan fingerprint density at radius 3 is 2.10 bits per heavy atom. The SMILES string of the molecule is CC(=O)OC[C@@H](OC(C)=O)[C@H](OC(C)=O)[C@H](OC(C)=O)[C@H](/C=N/Nc1nnc2c3ccccc3n(C)c2n1)OC(C)=O. The molecule has 42 heavy (non-hydrogen) atoms. The summed E-state index contributed by atoms with van der Waals surface area (Å²) in [5.74, 6) is -4.10. The first-order chi connectivity index (χ1) is 19.9. The Kier molecular flexibility index (Phi) is 10.4. The molecule has 3 rings (SSSR count). The maximum absolute atomic E-state index is 12.1. The minimum absolute atomic E-state index is 0.0144. The number of fused-ring (bicyclic) bond motifs is 3. The number of aryl methyl sites for hydroxylation is 1. The van der Waals surface area contributed by atoms with Crippen LogP contribution in [0, 0.1) is 0 Å². The molecule has 0 radical (unpaired) electrons. The maximum Gasteiger partial charge on any atom is 0.303 e. The lowest BCUT2D eigenvalue weighted by atomic mass is 10.0. The van der Waals surface area contributed by atoms with Gasteiger partial charge in [0, 0.05) is 47.1 Å². The molecule has 0 spiro atoms. The third kappa shape index (κ3) is 8.18. The summed E-state index contributed by atoms with van der Waals surface area (Å²) in [4.78, 5) is 63.8. The fraction of sp³-hybridized carbons (Fsp3) is 0.423. The van der Waals surface area contributed by atoms with Crippen molar-refractivity contribution in [2.45, 2.75) is 59.0 Å². The Morgan fingerprint density at radius 1 is 0.857 bits per heavy atom. The zero-order valence-electron chi connectivity index (χ0n) is 23.7. The summed E-state index contributed by atoms with van der Waals surface area (Å²) >= 11 is 0. The number of nitrogens with zero attached hydrogens (tertiary/aromatic N) is 5. The van der Waals surface area contributed by atoms with Gasteiger partial charge in [-0.05, 0) is 6.07 Å². The fourth-order valence-corrected chi connectivity index (χ4v) is 4.06. The summed E-state index contributed by atoms with van der Waals surface area (Å²) in [6, 6.07) is 7.55. The number of benzene rings is 1. The lowest BCUT2D eigenvalue weighted by Crippen LogP contribution is -2.53. The van der Waals surface area contributed by atoms with E-state index in [0.29, 0.717) is 11.2 Å². The second kappa shape index (κ2) is 14.0. The van der Waals surface area contributed by atoms with Crippen LogP contribution in [0.1, 0.15) is 34.6 Å². The number of hydrazone groups is 1. The standard InChI is InChI=1S/C26H30N6O10/c1-13(33)38-12-21(40-15(3)35)24(42-17(5)37)23(41-16(4)36)20(39-14(2)34)11-27-30-26-28-25-22(29-31-26)18-9-7-8-10-19(18)32(25)6/h7-11,20-21,23-24H,12H2,1-6H3,(H,28,30,31)/b27-11+/t20-,21+,23+,24-/m0/s1. The number of aromatic nitrogens is 4. The van der Waals surface area contributed by atoms with Gasteiger partial charge in [-0.1, -0.05) is 18.2 Å². The van der Waals surface area contributed by atoms with Crippen molar-refractivity contribution in [1.82, 2.24) is 19.7 Å². The molecule has 0 fully saturated rings. The smallest absolute Gasteiger partial charge is 0.303 e. The van der Waals surface area contributed by atoms with E-state index in [1.54, 1.807) is 0 Å². The molecule has 224 valence electrons. The molecule has 0 aliphatic rings. The number of para-hydroxylation sites is 1. The number of esters is 5. The fourth-order valence-electron chi connectivity index (χ4n) is 4.06. The number of carbonyl (C=O) groups is 5. The summed E-state index contributed by atoms with van der Waals surface area (Å²) in [5.41, 5.74) is 4.56. The summed E-state index contributed by atoms with van der Waals surface area (Å²) in [5, 5.41) is 13.1. The van der Waals surface area contributed by atoms with Crippen LogP contribution in [0.15, 0.2) is 29.4 Å². The second-order valence-corrected chi connectivity index (χ2v) is 8.95. The Balaban J connectivity index is 1.97. The van der Waals surface area contributed by atoms with E-state index in [2.05, 4.69) is 25.7 Å². The number of rotatable bonds is 12. The summed E-state index contributed by atoms with van der Waals surface area (Å²) < 4.78 is 28.0. The Bertz CT molecular complexity index is 1520. The van der Waals surface area contributed by atoms with Crippen molar-refractivity contribution in [3.05, 3.63) is 24.3 Å². The molecule has 1 aromatic carbocycles. The van der Waals surface area contributed by atoms with Crippen LogP contribution >= 0.6 is 0 Å². The van der Waals surface area contributed by atoms with Crippen LogP contribution in [0.3, 0.4) is 0 Å². The van der Waals surface area contributed by atoms with Gasteiger partial charge in [0.15, 0.2) is 30.1 Å². The van der Waals surface area contributed by atoms with E-state index in [4.69, 9.17) is 23.7 Å². The molecule has 0 saturated heterocycles. The van der Waals surface area contributed by atoms with Crippen molar-refractivity contribution in [2.75, 3.05) is 12.0 Å². The second-order valence-electron chi connectivity index (χ2n) is 8.95. The van der Waals surface area contributed by atoms with Crippen LogP contribution in [0.2, 0.25) is 0 Å². The molecule has 4 atom stereocenters. The molecule has 2 aromatic heterocycles. The molecular formula is C26H30N6O10. The number of nitrogens with one attached hydrogen (secondary N) is 1. The number of hydrogen-bond donors (Lipinski definition) is 1. The van der Waals surface area contributed by atoms with E-state index in [-0.39, 0.29) is 5.95 Å². The largest absolute Gasteiger partial charge is 0.462 e. The van der Waals surface area contributed by atoms with Crippen molar-refractivity contribution in [3.8, 4) is 0 Å². The minimum atomic E-state index is -1.61. The average Bonchev–Trinajstić information content (AvgIpc) is 3.18. The zero-order valence-corrected chi connectivity index (χ0v) is 23.7. The highest BCUT2D eigenvalue weighted by atomic mass is 16.6. The van der Waals surface area contributed by atoms with Gasteiger partial charge in [-0.2, -0.15) is 10.1 Å². The molecule has 0 amide bonds. The van der Waals surface area contributed by atoms with Crippen LogP contribution < -0.4 is 5.43 Å². The first kappa shape index (κ1) is 31.4. The van der Waals surface area contributed by atoms with Gasteiger partial charge < -0.3 is 28.3 Å². The molecule has 3 aromatic rings. The van der Waals surface area contributed by atoms with E-state index in [9.17, 15) is 24.0 Å². The molecule has 0 aliphatic carbocycles. The van der Waals surface area contributed by atoms with Gasteiger partial charge in [-0.3, -0.25) is 24.0 Å². The van der Waals surface area contributed by atoms with Crippen molar-refractivity contribution >= 4 is 64.1 Å². The van der Waals surface area contributed by atoms with Crippen LogP contribution in [0.25, 0.3) is 22.1 Å². The molecule has 0 aliphatic heterocycles. The van der Waals surface area contributed by atoms with Crippen LogP contribution in [0.5, 0.6) is 0 Å². The Morgan fingerprint density at radius 2 is 1.48 bits per heavy atom. The molecule has 1 N–H and O–H groups in total. The van der Waals surface area contributed by atoms with Gasteiger partial charge in [0.1, 0.15) is 12.1 Å². The van der Waals surface area contributed by atoms with Gasteiger partial charge in [-0.25, -0.2) is 5.43 Å². The molecule has 2 heterocycles. The third-order valence-corrected chi connectivity index (χ3v) is 5.58. The van der Waals surface area contributed by atoms with E-state index in [1.165, 1.54) is 0 Å². The molecule has 16 heteroatoms. The van der Waals surface area contributed by atoms with Crippen molar-refractivity contribution in [3.63, 3.8) is 0 Å². The highest BCUT2D eigenvalue weighted by Crippen LogP contribution is 2.25. The normalized spacial score (nSPS) is 14.0. The van der Waals surface area contributed by atoms with Crippen LogP contribution in [0.4, 0.5) is 5.95 Å². The summed E-state index contributed by atoms with van der Waals surface area (Å²) in [7, 11) is 1.82. The molecule has 0 bridgehead atoms. The predicted octanol–water partition coefficient (Wildman–Crippen LogP) is 1.20. The highest BCUT2D eigenvalue weighted by molar-refractivity contribution is 6.04. The summed E-state index contributed by atoms with van der Waals surface area (Å²) in [6.45, 7) is 4.81. The van der Waals surface area contributed by atoms with Gasteiger partial charge in [-0.15, -0.1) is 10.2 Å². The van der Waals surface area contributed by atoms with Gasteiger partial charge in [0.25, 0.3) is 5.95 Å². The first-order valence-corrected chi connectivity index (χ1v) is 12.6. The lowest BCUT2D eigenvalue weighted by molar-refractivity contribution is -0.197. The number of carbonyl (C=O) groups excluding carboxylic acids is 5. The predicted molar refractivity (Wildman–Crippen MR) is 145 cm³/mol. The minimum Gasteiger partial charge on any atom is -0.462 e. The van der Waals surface area contributed by atoms with Gasteiger partial charge in [0.2, 0.25) is 0 Å². The number of anilines is 1. The van der Waals surface area contributed by atoms with E-state index >= 15 is 0 Å².